The van der Waals surface area contributed by atoms with E-state index in [1.54, 1.807) is 0 Å². The summed E-state index contributed by atoms with van der Waals surface area (Å²) in [7, 11) is -3.42. The number of ether oxygens (including phenoxy) is 1. The molecule has 1 amide bonds. The lowest BCUT2D eigenvalue weighted by atomic mass is 10.1. The predicted octanol–water partition coefficient (Wildman–Crippen LogP) is 2.12. The van der Waals surface area contributed by atoms with Crippen LogP contribution in [0.1, 0.15) is 28.9 Å². The monoisotopic (exact) mass is 361 g/mol. The molecule has 25 heavy (non-hydrogen) atoms. The van der Waals surface area contributed by atoms with Gasteiger partial charge < -0.3 is 10.1 Å². The molecule has 0 heterocycles. The van der Waals surface area contributed by atoms with Crippen LogP contribution in [0.2, 0.25) is 0 Å². The highest BCUT2D eigenvalue weighted by Gasteiger charge is 2.15. The number of carbonyl (C=O) groups is 2. The summed E-state index contributed by atoms with van der Waals surface area (Å²) < 4.78 is 28.0. The van der Waals surface area contributed by atoms with Crippen molar-refractivity contribution in [2.75, 3.05) is 12.9 Å². The van der Waals surface area contributed by atoms with Gasteiger partial charge in [0.25, 0.3) is 5.91 Å². The summed E-state index contributed by atoms with van der Waals surface area (Å²) in [5.74, 6) is -1.20. The van der Waals surface area contributed by atoms with E-state index in [1.165, 1.54) is 24.3 Å². The highest BCUT2D eigenvalue weighted by Crippen LogP contribution is 2.13. The Labute approximate surface area is 146 Å². The normalized spacial score (nSPS) is 12.2. The smallest absolute Gasteiger partial charge is 0.338 e. The third kappa shape index (κ3) is 5.42. The van der Waals surface area contributed by atoms with Crippen LogP contribution in [0, 0.1) is 0 Å². The van der Waals surface area contributed by atoms with Crippen LogP contribution in [0.3, 0.4) is 0 Å². The number of amides is 1. The Bertz CT molecular complexity index is 862. The van der Waals surface area contributed by atoms with Crippen molar-refractivity contribution < 1.29 is 22.7 Å². The van der Waals surface area contributed by atoms with E-state index in [9.17, 15) is 18.0 Å². The summed E-state index contributed by atoms with van der Waals surface area (Å²) in [6.07, 6.45) is 1.05. The van der Waals surface area contributed by atoms with Crippen LogP contribution in [0.5, 0.6) is 0 Å². The lowest BCUT2D eigenvalue weighted by Crippen LogP contribution is -2.31. The molecule has 0 aromatic heterocycles. The molecule has 0 radical (unpaired) electrons. The Morgan fingerprint density at radius 1 is 1.08 bits per heavy atom. The fraction of sp³-hybridized carbons (Fsp3) is 0.222. The lowest BCUT2D eigenvalue weighted by Gasteiger charge is -2.14. The number of sulfone groups is 1. The van der Waals surface area contributed by atoms with Gasteiger partial charge >= 0.3 is 5.97 Å². The maximum atomic E-state index is 12.0. The first-order valence-corrected chi connectivity index (χ1v) is 9.48. The fourth-order valence-electron chi connectivity index (χ4n) is 2.18. The third-order valence-electron chi connectivity index (χ3n) is 3.51. The summed E-state index contributed by atoms with van der Waals surface area (Å²) >= 11 is 0. The molecule has 6 nitrogen and oxygen atoms in total. The van der Waals surface area contributed by atoms with Gasteiger partial charge in [-0.15, -0.1) is 0 Å². The van der Waals surface area contributed by atoms with E-state index in [4.69, 9.17) is 4.74 Å². The molecule has 7 heteroatoms. The van der Waals surface area contributed by atoms with E-state index >= 15 is 0 Å². The maximum absolute atomic E-state index is 12.0. The van der Waals surface area contributed by atoms with Gasteiger partial charge in [0.05, 0.1) is 16.5 Å². The predicted molar refractivity (Wildman–Crippen MR) is 92.8 cm³/mol. The van der Waals surface area contributed by atoms with Crippen LogP contribution >= 0.6 is 0 Å². The molecule has 2 aromatic rings. The molecule has 0 spiro atoms. The van der Waals surface area contributed by atoms with E-state index in [0.29, 0.717) is 0 Å². The van der Waals surface area contributed by atoms with Gasteiger partial charge in [-0.25, -0.2) is 13.2 Å². The minimum atomic E-state index is -3.42. The zero-order valence-electron chi connectivity index (χ0n) is 13.9. The Kier molecular flexibility index (Phi) is 5.93. The summed E-state index contributed by atoms with van der Waals surface area (Å²) in [6.45, 7) is 1.38. The molecule has 2 rings (SSSR count). The Balaban J connectivity index is 1.92. The standard InChI is InChI=1S/C18H19NO5S/c1-13(14-7-4-3-5-8-14)19-17(20)12-24-18(21)15-9-6-10-16(11-15)25(2,22)23/h3-11,13H,12H2,1-2H3,(H,19,20). The molecule has 0 bridgehead atoms. The van der Waals surface area contributed by atoms with Crippen molar-refractivity contribution in [3.05, 3.63) is 65.7 Å². The molecular formula is C18H19NO5S. The van der Waals surface area contributed by atoms with Crippen molar-refractivity contribution in [1.82, 2.24) is 5.32 Å². The minimum absolute atomic E-state index is 0.0177. The molecule has 132 valence electrons. The van der Waals surface area contributed by atoms with Gasteiger partial charge in [0.2, 0.25) is 0 Å². The van der Waals surface area contributed by atoms with Gasteiger partial charge in [-0.3, -0.25) is 4.79 Å². The number of rotatable bonds is 6. The van der Waals surface area contributed by atoms with Crippen molar-refractivity contribution >= 4 is 21.7 Å². The van der Waals surface area contributed by atoms with Crippen molar-refractivity contribution in [2.45, 2.75) is 17.9 Å². The van der Waals surface area contributed by atoms with Gasteiger partial charge in [-0.05, 0) is 30.7 Å². The quantitative estimate of drug-likeness (QED) is 0.796. The van der Waals surface area contributed by atoms with Crippen LogP contribution in [0.4, 0.5) is 0 Å². The second kappa shape index (κ2) is 7.94. The van der Waals surface area contributed by atoms with E-state index < -0.39 is 28.3 Å². The Hall–Kier alpha value is -2.67. The Morgan fingerprint density at radius 3 is 2.40 bits per heavy atom. The number of nitrogens with one attached hydrogen (secondary N) is 1. The van der Waals surface area contributed by atoms with Crippen molar-refractivity contribution in [1.29, 1.82) is 0 Å². The third-order valence-corrected chi connectivity index (χ3v) is 4.62. The van der Waals surface area contributed by atoms with E-state index in [1.807, 2.05) is 37.3 Å². The van der Waals surface area contributed by atoms with E-state index in [0.717, 1.165) is 11.8 Å². The number of hydrogen-bond donors (Lipinski definition) is 1. The first-order chi connectivity index (χ1) is 11.8. The van der Waals surface area contributed by atoms with Gasteiger partial charge in [-0.1, -0.05) is 36.4 Å². The van der Waals surface area contributed by atoms with Gasteiger partial charge in [0, 0.05) is 6.26 Å². The average Bonchev–Trinajstić information content (AvgIpc) is 2.59. The number of carbonyl (C=O) groups excluding carboxylic acids is 2. The molecule has 1 unspecified atom stereocenters. The van der Waals surface area contributed by atoms with Crippen molar-refractivity contribution in [3.63, 3.8) is 0 Å². The molecule has 1 atom stereocenters. The van der Waals surface area contributed by atoms with Crippen LogP contribution in [0.15, 0.2) is 59.5 Å². The summed E-state index contributed by atoms with van der Waals surface area (Å²) in [6, 6.07) is 14.7. The largest absolute Gasteiger partial charge is 0.452 e. The number of benzene rings is 2. The summed E-state index contributed by atoms with van der Waals surface area (Å²) in [5.41, 5.74) is 1.01. The maximum Gasteiger partial charge on any atom is 0.338 e. The molecule has 0 saturated carbocycles. The minimum Gasteiger partial charge on any atom is -0.452 e. The molecule has 0 saturated heterocycles. The average molecular weight is 361 g/mol. The van der Waals surface area contributed by atoms with Gasteiger partial charge in [0.1, 0.15) is 0 Å². The topological polar surface area (TPSA) is 89.5 Å². The summed E-state index contributed by atoms with van der Waals surface area (Å²) in [4.78, 5) is 23.9. The molecule has 0 aliphatic heterocycles. The first kappa shape index (κ1) is 18.7. The fourth-order valence-corrected chi connectivity index (χ4v) is 2.84. The highest BCUT2D eigenvalue weighted by atomic mass is 32.2. The molecule has 1 N–H and O–H groups in total. The second-order valence-corrected chi connectivity index (χ2v) is 7.59. The van der Waals surface area contributed by atoms with Crippen molar-refractivity contribution in [2.24, 2.45) is 0 Å². The second-order valence-electron chi connectivity index (χ2n) is 5.58. The van der Waals surface area contributed by atoms with E-state index in [2.05, 4.69) is 5.32 Å². The summed E-state index contributed by atoms with van der Waals surface area (Å²) in [5, 5.41) is 2.73. The first-order valence-electron chi connectivity index (χ1n) is 7.59. The SMILES string of the molecule is CC(NC(=O)COC(=O)c1cccc(S(C)(=O)=O)c1)c1ccccc1. The lowest BCUT2D eigenvalue weighted by molar-refractivity contribution is -0.124. The van der Waals surface area contributed by atoms with Crippen LogP contribution in [-0.2, 0) is 19.4 Å². The van der Waals surface area contributed by atoms with Gasteiger partial charge in [-0.2, -0.15) is 0 Å². The van der Waals surface area contributed by atoms with Crippen LogP contribution in [-0.4, -0.2) is 33.2 Å². The molecular weight excluding hydrogens is 342 g/mol. The molecule has 0 aliphatic carbocycles. The van der Waals surface area contributed by atoms with Gasteiger partial charge in [0.15, 0.2) is 16.4 Å². The van der Waals surface area contributed by atoms with Crippen molar-refractivity contribution in [3.8, 4) is 0 Å². The highest BCUT2D eigenvalue weighted by molar-refractivity contribution is 7.90. The molecule has 2 aromatic carbocycles. The number of esters is 1. The number of hydrogen-bond acceptors (Lipinski definition) is 5. The van der Waals surface area contributed by atoms with Crippen LogP contribution < -0.4 is 5.32 Å². The Morgan fingerprint density at radius 2 is 1.76 bits per heavy atom. The molecule has 0 aliphatic rings. The zero-order chi connectivity index (χ0) is 18.4. The van der Waals surface area contributed by atoms with Crippen LogP contribution in [0.25, 0.3) is 0 Å². The molecule has 0 fully saturated rings. The van der Waals surface area contributed by atoms with E-state index in [-0.39, 0.29) is 16.5 Å². The zero-order valence-corrected chi connectivity index (χ0v) is 14.7.